The molecule has 0 aliphatic rings. The van der Waals surface area contributed by atoms with Crippen LogP contribution in [0.25, 0.3) is 0 Å². The summed E-state index contributed by atoms with van der Waals surface area (Å²) in [6, 6.07) is 4.28. The van der Waals surface area contributed by atoms with Crippen LogP contribution in [0.1, 0.15) is 18.1 Å². The third-order valence-electron chi connectivity index (χ3n) is 2.20. The van der Waals surface area contributed by atoms with E-state index in [1.807, 2.05) is 0 Å². The molecule has 0 atom stereocenters. The van der Waals surface area contributed by atoms with E-state index < -0.39 is 23.6 Å². The van der Waals surface area contributed by atoms with Crippen LogP contribution in [0.4, 0.5) is 13.2 Å². The Morgan fingerprint density at radius 2 is 1.79 bits per heavy atom. The molecule has 4 nitrogen and oxygen atoms in total. The zero-order valence-electron chi connectivity index (χ0n) is 10.1. The van der Waals surface area contributed by atoms with Crippen LogP contribution in [0.3, 0.4) is 0 Å². The van der Waals surface area contributed by atoms with Crippen LogP contribution in [0.2, 0.25) is 0 Å². The van der Waals surface area contributed by atoms with Gasteiger partial charge in [-0.15, -0.1) is 0 Å². The fourth-order valence-corrected chi connectivity index (χ4v) is 1.26. The van der Waals surface area contributed by atoms with Gasteiger partial charge in [0.1, 0.15) is 0 Å². The van der Waals surface area contributed by atoms with Gasteiger partial charge in [0.2, 0.25) is 0 Å². The van der Waals surface area contributed by atoms with E-state index in [9.17, 15) is 22.8 Å². The summed E-state index contributed by atoms with van der Waals surface area (Å²) in [4.78, 5) is 22.1. The average molecular weight is 275 g/mol. The van der Waals surface area contributed by atoms with Gasteiger partial charge in [-0.3, -0.25) is 4.79 Å². The van der Waals surface area contributed by atoms with Crippen molar-refractivity contribution in [3.05, 3.63) is 35.4 Å². The number of hydrogen-bond donors (Lipinski definition) is 1. The molecule has 19 heavy (non-hydrogen) atoms. The lowest BCUT2D eigenvalue weighted by molar-refractivity contribution is -0.154. The molecular formula is C12H12F3NO3. The van der Waals surface area contributed by atoms with E-state index in [-0.39, 0.29) is 13.2 Å². The molecule has 1 aromatic carbocycles. The van der Waals surface area contributed by atoms with Crippen molar-refractivity contribution in [2.24, 2.45) is 0 Å². The van der Waals surface area contributed by atoms with Crippen LogP contribution in [0.15, 0.2) is 24.3 Å². The molecule has 0 bridgehead atoms. The normalized spacial score (nSPS) is 10.9. The molecule has 0 saturated heterocycles. The lowest BCUT2D eigenvalue weighted by atomic mass is 10.1. The molecule has 1 N–H and O–H groups in total. The van der Waals surface area contributed by atoms with Gasteiger partial charge < -0.3 is 10.1 Å². The van der Waals surface area contributed by atoms with Crippen molar-refractivity contribution in [3.63, 3.8) is 0 Å². The van der Waals surface area contributed by atoms with Crippen LogP contribution in [0.5, 0.6) is 0 Å². The highest BCUT2D eigenvalue weighted by Crippen LogP contribution is 2.28. The van der Waals surface area contributed by atoms with E-state index >= 15 is 0 Å². The largest absolute Gasteiger partial charge is 0.459 e. The summed E-state index contributed by atoms with van der Waals surface area (Å²) in [7, 11) is 0. The summed E-state index contributed by atoms with van der Waals surface area (Å²) in [5, 5.41) is 2.25. The van der Waals surface area contributed by atoms with Crippen molar-refractivity contribution in [2.45, 2.75) is 19.6 Å². The first-order valence-corrected chi connectivity index (χ1v) is 5.45. The number of benzene rings is 1. The second-order valence-electron chi connectivity index (χ2n) is 3.60. The molecule has 104 valence electrons. The summed E-state index contributed by atoms with van der Waals surface area (Å²) < 4.78 is 41.3. The number of carbonyl (C=O) groups is 2. The Morgan fingerprint density at radius 1 is 1.21 bits per heavy atom. The van der Waals surface area contributed by atoms with Gasteiger partial charge in [0.15, 0.2) is 0 Å². The van der Waals surface area contributed by atoms with Crippen LogP contribution in [-0.2, 0) is 27.0 Å². The minimum Gasteiger partial charge on any atom is -0.459 e. The van der Waals surface area contributed by atoms with Crippen molar-refractivity contribution >= 4 is 11.9 Å². The fraction of sp³-hybridized carbons (Fsp3) is 0.333. The van der Waals surface area contributed by atoms with Gasteiger partial charge in [-0.25, -0.2) is 4.79 Å². The Morgan fingerprint density at radius 3 is 2.26 bits per heavy atom. The van der Waals surface area contributed by atoms with Gasteiger partial charge in [-0.05, 0) is 24.6 Å². The third-order valence-corrected chi connectivity index (χ3v) is 2.20. The van der Waals surface area contributed by atoms with Crippen molar-refractivity contribution in [3.8, 4) is 0 Å². The number of amides is 1. The Bertz CT molecular complexity index is 454. The molecule has 0 aliphatic heterocycles. The first-order chi connectivity index (χ1) is 8.84. The van der Waals surface area contributed by atoms with E-state index in [0.29, 0.717) is 5.56 Å². The van der Waals surface area contributed by atoms with Crippen molar-refractivity contribution in [2.75, 3.05) is 6.61 Å². The second-order valence-corrected chi connectivity index (χ2v) is 3.60. The molecule has 0 heterocycles. The minimum atomic E-state index is -4.40. The summed E-state index contributed by atoms with van der Waals surface area (Å²) in [6.07, 6.45) is -4.40. The van der Waals surface area contributed by atoms with E-state index in [2.05, 4.69) is 10.1 Å². The number of nitrogens with one attached hydrogen (secondary N) is 1. The predicted molar refractivity (Wildman–Crippen MR) is 59.9 cm³/mol. The SMILES string of the molecule is CCOC(=O)C(=O)NCc1ccc(C(F)(F)F)cc1. The predicted octanol–water partition coefficient (Wildman–Crippen LogP) is 1.88. The van der Waals surface area contributed by atoms with Gasteiger partial charge in [0, 0.05) is 6.54 Å². The summed E-state index contributed by atoms with van der Waals surface area (Å²) in [6.45, 7) is 1.59. The van der Waals surface area contributed by atoms with Crippen LogP contribution in [-0.4, -0.2) is 18.5 Å². The van der Waals surface area contributed by atoms with E-state index in [0.717, 1.165) is 12.1 Å². The van der Waals surface area contributed by atoms with Gasteiger partial charge in [-0.1, -0.05) is 12.1 Å². The Labute approximate surface area is 107 Å². The number of esters is 1. The monoisotopic (exact) mass is 275 g/mol. The Balaban J connectivity index is 2.55. The summed E-state index contributed by atoms with van der Waals surface area (Å²) in [5.41, 5.74) is -0.321. The lowest BCUT2D eigenvalue weighted by Crippen LogP contribution is -2.32. The molecule has 1 rings (SSSR count). The maximum Gasteiger partial charge on any atom is 0.416 e. The molecule has 7 heteroatoms. The molecule has 0 aliphatic carbocycles. The smallest absolute Gasteiger partial charge is 0.416 e. The van der Waals surface area contributed by atoms with E-state index in [1.54, 1.807) is 6.92 Å². The highest BCUT2D eigenvalue weighted by molar-refractivity contribution is 6.32. The molecule has 0 unspecified atom stereocenters. The van der Waals surface area contributed by atoms with Gasteiger partial charge >= 0.3 is 18.1 Å². The number of halogens is 3. The van der Waals surface area contributed by atoms with Gasteiger partial charge in [0.25, 0.3) is 0 Å². The number of rotatable bonds is 3. The van der Waals surface area contributed by atoms with Gasteiger partial charge in [-0.2, -0.15) is 13.2 Å². The third kappa shape index (κ3) is 4.61. The van der Waals surface area contributed by atoms with E-state index in [4.69, 9.17) is 0 Å². The van der Waals surface area contributed by atoms with Crippen molar-refractivity contribution in [1.82, 2.24) is 5.32 Å². The standard InChI is InChI=1S/C12H12F3NO3/c1-2-19-11(18)10(17)16-7-8-3-5-9(6-4-8)12(13,14)15/h3-6H,2,7H2,1H3,(H,16,17). The minimum absolute atomic E-state index is 0.0458. The van der Waals surface area contributed by atoms with Crippen LogP contribution >= 0.6 is 0 Å². The molecule has 0 aromatic heterocycles. The molecular weight excluding hydrogens is 263 g/mol. The second kappa shape index (κ2) is 6.21. The van der Waals surface area contributed by atoms with E-state index in [1.165, 1.54) is 12.1 Å². The quantitative estimate of drug-likeness (QED) is 0.677. The molecule has 0 spiro atoms. The molecule has 0 saturated carbocycles. The molecule has 0 fully saturated rings. The van der Waals surface area contributed by atoms with Gasteiger partial charge in [0.05, 0.1) is 12.2 Å². The number of ether oxygens (including phenoxy) is 1. The number of carbonyl (C=O) groups excluding carboxylic acids is 2. The summed E-state index contributed by atoms with van der Waals surface area (Å²) >= 11 is 0. The van der Waals surface area contributed by atoms with Crippen molar-refractivity contribution < 1.29 is 27.5 Å². The summed E-state index contributed by atoms with van der Waals surface area (Å²) in [5.74, 6) is -1.95. The lowest BCUT2D eigenvalue weighted by Gasteiger charge is -2.08. The highest BCUT2D eigenvalue weighted by atomic mass is 19.4. The zero-order valence-corrected chi connectivity index (χ0v) is 10.1. The molecule has 1 aromatic rings. The highest BCUT2D eigenvalue weighted by Gasteiger charge is 2.29. The topological polar surface area (TPSA) is 55.4 Å². The Hall–Kier alpha value is -2.05. The number of alkyl halides is 3. The zero-order chi connectivity index (χ0) is 14.5. The molecule has 0 radical (unpaired) electrons. The first-order valence-electron chi connectivity index (χ1n) is 5.45. The van der Waals surface area contributed by atoms with Crippen LogP contribution < -0.4 is 5.32 Å². The maximum absolute atomic E-state index is 12.3. The fourth-order valence-electron chi connectivity index (χ4n) is 1.26. The molecule has 1 amide bonds. The first kappa shape index (κ1) is 15.0. The number of hydrogen-bond acceptors (Lipinski definition) is 3. The Kier molecular flexibility index (Phi) is 4.91. The van der Waals surface area contributed by atoms with Crippen molar-refractivity contribution in [1.29, 1.82) is 0 Å². The maximum atomic E-state index is 12.3. The average Bonchev–Trinajstić information content (AvgIpc) is 2.35. The van der Waals surface area contributed by atoms with Crippen LogP contribution in [0, 0.1) is 0 Å².